The van der Waals surface area contributed by atoms with E-state index >= 15 is 0 Å². The number of hydrogen-bond donors (Lipinski definition) is 0. The Morgan fingerprint density at radius 3 is 2.33 bits per heavy atom. The van der Waals surface area contributed by atoms with Crippen molar-refractivity contribution in [2.75, 3.05) is 0 Å². The van der Waals surface area contributed by atoms with Gasteiger partial charge in [0.05, 0.1) is 5.02 Å². The third kappa shape index (κ3) is 3.41. The lowest BCUT2D eigenvalue weighted by Crippen LogP contribution is -2.25. The average Bonchev–Trinajstić information content (AvgIpc) is 2.72. The van der Waals surface area contributed by atoms with Crippen molar-refractivity contribution in [2.24, 2.45) is 0 Å². The van der Waals surface area contributed by atoms with Gasteiger partial charge >= 0.3 is 0 Å². The van der Waals surface area contributed by atoms with Crippen molar-refractivity contribution < 1.29 is 8.42 Å². The summed E-state index contributed by atoms with van der Waals surface area (Å²) in [6.07, 6.45) is 0. The van der Waals surface area contributed by atoms with Crippen LogP contribution in [0.5, 0.6) is 0 Å². The van der Waals surface area contributed by atoms with Gasteiger partial charge in [-0.25, -0.2) is 8.42 Å². The molecule has 0 unspecified atom stereocenters. The van der Waals surface area contributed by atoms with Gasteiger partial charge in [0.25, 0.3) is 14.2 Å². The molecule has 0 saturated heterocycles. The number of halogens is 3. The van der Waals surface area contributed by atoms with Crippen molar-refractivity contribution in [3.8, 4) is 11.4 Å². The molecule has 2 aromatic rings. The SMILES string of the molecule is CC(C)(C)n1c(-c2ccc(Br)cc2Cl)nnc1S(=O)(=O)Cl. The second-order valence-corrected chi connectivity index (χ2v) is 9.16. The Hall–Kier alpha value is -0.630. The predicted molar refractivity (Wildman–Crippen MR) is 86.2 cm³/mol. The first kappa shape index (κ1) is 16.7. The van der Waals surface area contributed by atoms with E-state index in [0.29, 0.717) is 16.4 Å². The molecule has 0 fully saturated rings. The smallest absolute Gasteiger partial charge is 0.291 e. The minimum absolute atomic E-state index is 0.300. The molecule has 0 bridgehead atoms. The summed E-state index contributed by atoms with van der Waals surface area (Å²) in [6.45, 7) is 5.49. The van der Waals surface area contributed by atoms with Crippen LogP contribution in [0.4, 0.5) is 0 Å². The fourth-order valence-electron chi connectivity index (χ4n) is 1.88. The van der Waals surface area contributed by atoms with Crippen LogP contribution in [-0.4, -0.2) is 23.2 Å². The molecule has 0 atom stereocenters. The molecule has 9 heteroatoms. The Balaban J connectivity index is 2.80. The van der Waals surface area contributed by atoms with Gasteiger partial charge in [-0.15, -0.1) is 10.2 Å². The van der Waals surface area contributed by atoms with Gasteiger partial charge < -0.3 is 0 Å². The quantitative estimate of drug-likeness (QED) is 0.698. The molecule has 0 aliphatic rings. The Labute approximate surface area is 140 Å². The summed E-state index contributed by atoms with van der Waals surface area (Å²) in [6, 6.07) is 5.23. The lowest BCUT2D eigenvalue weighted by Gasteiger charge is -2.24. The van der Waals surface area contributed by atoms with Crippen LogP contribution in [0.1, 0.15) is 20.8 Å². The largest absolute Gasteiger partial charge is 0.296 e. The number of nitrogens with zero attached hydrogens (tertiary/aromatic N) is 3. The van der Waals surface area contributed by atoms with Gasteiger partial charge in [0.15, 0.2) is 5.82 Å². The van der Waals surface area contributed by atoms with Crippen LogP contribution in [0.3, 0.4) is 0 Å². The van der Waals surface area contributed by atoms with Gasteiger partial charge in [0.1, 0.15) is 0 Å². The standard InChI is InChI=1S/C12H12BrCl2N3O2S/c1-12(2,3)18-10(16-17-11(18)21(15,19)20)8-5-4-7(13)6-9(8)14/h4-6H,1-3H3. The van der Waals surface area contributed by atoms with Gasteiger partial charge in [0, 0.05) is 26.3 Å². The molecule has 1 aromatic carbocycles. The van der Waals surface area contributed by atoms with E-state index in [1.165, 1.54) is 4.57 Å². The van der Waals surface area contributed by atoms with Crippen molar-refractivity contribution in [3.05, 3.63) is 27.7 Å². The van der Waals surface area contributed by atoms with Crippen LogP contribution < -0.4 is 0 Å². The molecule has 0 aliphatic heterocycles. The Morgan fingerprint density at radius 1 is 1.24 bits per heavy atom. The lowest BCUT2D eigenvalue weighted by molar-refractivity contribution is 0.367. The van der Waals surface area contributed by atoms with E-state index in [0.717, 1.165) is 4.47 Å². The second kappa shape index (κ2) is 5.53. The summed E-state index contributed by atoms with van der Waals surface area (Å²) in [5.41, 5.74) is -0.0131. The zero-order valence-corrected chi connectivity index (χ0v) is 15.3. The summed E-state index contributed by atoms with van der Waals surface area (Å²) < 4.78 is 25.6. The minimum Gasteiger partial charge on any atom is -0.291 e. The van der Waals surface area contributed by atoms with Crippen LogP contribution in [0.2, 0.25) is 5.02 Å². The van der Waals surface area contributed by atoms with Crippen LogP contribution >= 0.6 is 38.2 Å². The van der Waals surface area contributed by atoms with Crippen LogP contribution in [0.15, 0.2) is 27.8 Å². The zero-order chi connectivity index (χ0) is 16.0. The van der Waals surface area contributed by atoms with E-state index < -0.39 is 14.6 Å². The molecular weight excluding hydrogens is 401 g/mol. The summed E-state index contributed by atoms with van der Waals surface area (Å²) >= 11 is 9.54. The molecule has 0 saturated carbocycles. The minimum atomic E-state index is -4.02. The van der Waals surface area contributed by atoms with Crippen molar-refractivity contribution in [3.63, 3.8) is 0 Å². The van der Waals surface area contributed by atoms with Crippen molar-refractivity contribution in [2.45, 2.75) is 31.5 Å². The van der Waals surface area contributed by atoms with E-state index in [4.69, 9.17) is 22.3 Å². The lowest BCUT2D eigenvalue weighted by atomic mass is 10.1. The predicted octanol–water partition coefficient (Wildman–Crippen LogP) is 4.04. The molecule has 0 radical (unpaired) electrons. The Morgan fingerprint density at radius 2 is 1.86 bits per heavy atom. The van der Waals surface area contributed by atoms with Crippen molar-refractivity contribution in [1.82, 2.24) is 14.8 Å². The first-order chi connectivity index (χ1) is 9.51. The fourth-order valence-corrected chi connectivity index (χ4v) is 3.65. The van der Waals surface area contributed by atoms with E-state index in [1.807, 2.05) is 20.8 Å². The molecule has 21 heavy (non-hydrogen) atoms. The third-order valence-corrected chi connectivity index (χ3v) is 4.61. The summed E-state index contributed by atoms with van der Waals surface area (Å²) in [7, 11) is 1.43. The highest BCUT2D eigenvalue weighted by Crippen LogP contribution is 2.34. The third-order valence-electron chi connectivity index (χ3n) is 2.69. The van der Waals surface area contributed by atoms with Gasteiger partial charge in [0.2, 0.25) is 0 Å². The van der Waals surface area contributed by atoms with Gasteiger partial charge in [-0.3, -0.25) is 4.57 Å². The first-order valence-electron chi connectivity index (χ1n) is 5.88. The Kier molecular flexibility index (Phi) is 4.41. The van der Waals surface area contributed by atoms with Crippen molar-refractivity contribution in [1.29, 1.82) is 0 Å². The maximum absolute atomic E-state index is 11.7. The monoisotopic (exact) mass is 411 g/mol. The molecule has 0 spiro atoms. The average molecular weight is 413 g/mol. The summed E-state index contributed by atoms with van der Waals surface area (Å²) in [5.74, 6) is 0.347. The van der Waals surface area contributed by atoms with E-state index in [1.54, 1.807) is 18.2 Å². The normalized spacial score (nSPS) is 12.7. The van der Waals surface area contributed by atoms with Gasteiger partial charge in [-0.05, 0) is 39.0 Å². The molecule has 114 valence electrons. The number of rotatable bonds is 2. The van der Waals surface area contributed by atoms with Gasteiger partial charge in [-0.1, -0.05) is 27.5 Å². The summed E-state index contributed by atoms with van der Waals surface area (Å²) in [5, 5.41) is 7.81. The van der Waals surface area contributed by atoms with E-state index in [-0.39, 0.29) is 5.16 Å². The highest BCUT2D eigenvalue weighted by atomic mass is 79.9. The summed E-state index contributed by atoms with van der Waals surface area (Å²) in [4.78, 5) is 0. The highest BCUT2D eigenvalue weighted by Gasteiger charge is 2.30. The molecular formula is C12H12BrCl2N3O2S. The Bertz CT molecular complexity index is 797. The number of benzene rings is 1. The highest BCUT2D eigenvalue weighted by molar-refractivity contribution is 9.10. The maximum atomic E-state index is 11.7. The van der Waals surface area contributed by atoms with Crippen LogP contribution in [0, 0.1) is 0 Å². The molecule has 1 aromatic heterocycles. The van der Waals surface area contributed by atoms with E-state index in [9.17, 15) is 8.42 Å². The number of hydrogen-bond acceptors (Lipinski definition) is 4. The zero-order valence-electron chi connectivity index (χ0n) is 11.4. The van der Waals surface area contributed by atoms with Crippen LogP contribution in [0.25, 0.3) is 11.4 Å². The molecule has 0 N–H and O–H groups in total. The molecule has 0 aliphatic carbocycles. The second-order valence-electron chi connectivity index (χ2n) is 5.37. The van der Waals surface area contributed by atoms with E-state index in [2.05, 4.69) is 26.1 Å². The topological polar surface area (TPSA) is 64.8 Å². The first-order valence-corrected chi connectivity index (χ1v) is 9.36. The maximum Gasteiger partial charge on any atom is 0.296 e. The molecule has 2 rings (SSSR count). The molecule has 5 nitrogen and oxygen atoms in total. The molecule has 1 heterocycles. The van der Waals surface area contributed by atoms with Crippen LogP contribution in [-0.2, 0) is 14.6 Å². The van der Waals surface area contributed by atoms with Crippen molar-refractivity contribution >= 4 is 47.3 Å². The number of aromatic nitrogens is 3. The van der Waals surface area contributed by atoms with Gasteiger partial charge in [-0.2, -0.15) is 0 Å². The molecule has 0 amide bonds. The fraction of sp³-hybridized carbons (Fsp3) is 0.333.